The highest BCUT2D eigenvalue weighted by Crippen LogP contribution is 2.59. The van der Waals surface area contributed by atoms with Gasteiger partial charge in [-0.25, -0.2) is 0 Å². The van der Waals surface area contributed by atoms with Gasteiger partial charge in [-0.2, -0.15) is 0 Å². The predicted molar refractivity (Wildman–Crippen MR) is 269 cm³/mol. The van der Waals surface area contributed by atoms with Gasteiger partial charge in [0.1, 0.15) is 0 Å². The molecule has 0 aliphatic heterocycles. The van der Waals surface area contributed by atoms with Crippen molar-refractivity contribution >= 4 is 48.6 Å². The Kier molecular flexibility index (Phi) is 8.28. The number of thiophene rings is 1. The standard InChI is InChI=1S/C62H41NS/c1-4-18-42(19-5-1)61(43-20-6-2-7-21-43)57-30-16-12-26-51(57)53-40-47(36-38-58(53)61)63(48-37-39-60-54(41-48)52-27-13-17-31-59(52)64-60)46-34-32-45(33-35-46)62(44-22-8-3-9-23-44)55-28-14-10-24-49(55)50-25-11-15-29-56(50)62/h1-41H. The van der Waals surface area contributed by atoms with Gasteiger partial charge in [0.05, 0.1) is 10.8 Å². The van der Waals surface area contributed by atoms with E-state index < -0.39 is 10.8 Å². The fourth-order valence-electron chi connectivity index (χ4n) is 11.4. The van der Waals surface area contributed by atoms with Crippen molar-refractivity contribution in [3.63, 3.8) is 0 Å². The molecule has 0 atom stereocenters. The van der Waals surface area contributed by atoms with Crippen molar-refractivity contribution in [1.82, 2.24) is 0 Å². The fraction of sp³-hybridized carbons (Fsp3) is 0.0323. The average Bonchev–Trinajstić information content (AvgIpc) is 4.00. The lowest BCUT2D eigenvalue weighted by molar-refractivity contribution is 0.768. The summed E-state index contributed by atoms with van der Waals surface area (Å²) in [7, 11) is 0. The molecular weight excluding hydrogens is 791 g/mol. The van der Waals surface area contributed by atoms with E-state index in [9.17, 15) is 0 Å². The Bertz CT molecular complexity index is 3470. The van der Waals surface area contributed by atoms with E-state index in [4.69, 9.17) is 0 Å². The molecular formula is C62H41NS. The highest BCUT2D eigenvalue weighted by atomic mass is 32.1. The van der Waals surface area contributed by atoms with E-state index in [1.165, 1.54) is 86.9 Å². The van der Waals surface area contributed by atoms with Gasteiger partial charge >= 0.3 is 0 Å². The number of hydrogen-bond donors (Lipinski definition) is 0. The molecule has 0 spiro atoms. The smallest absolute Gasteiger partial charge is 0.0713 e. The Morgan fingerprint density at radius 1 is 0.266 bits per heavy atom. The Labute approximate surface area is 377 Å². The fourth-order valence-corrected chi connectivity index (χ4v) is 12.5. The van der Waals surface area contributed by atoms with Crippen LogP contribution in [0.3, 0.4) is 0 Å². The number of nitrogens with zero attached hydrogens (tertiary/aromatic N) is 1. The molecule has 64 heavy (non-hydrogen) atoms. The normalized spacial score (nSPS) is 13.9. The topological polar surface area (TPSA) is 3.24 Å². The number of anilines is 3. The predicted octanol–water partition coefficient (Wildman–Crippen LogP) is 16.3. The van der Waals surface area contributed by atoms with Gasteiger partial charge in [-0.15, -0.1) is 11.3 Å². The Morgan fingerprint density at radius 3 is 1.22 bits per heavy atom. The van der Waals surface area contributed by atoms with Crippen molar-refractivity contribution in [2.45, 2.75) is 10.8 Å². The molecule has 0 saturated heterocycles. The molecule has 10 aromatic carbocycles. The number of hydrogen-bond acceptors (Lipinski definition) is 2. The van der Waals surface area contributed by atoms with Crippen molar-refractivity contribution < 1.29 is 0 Å². The summed E-state index contributed by atoms with van der Waals surface area (Å²) >= 11 is 1.86. The first kappa shape index (κ1) is 36.8. The van der Waals surface area contributed by atoms with Gasteiger partial charge in [-0.3, -0.25) is 0 Å². The second-order valence-electron chi connectivity index (χ2n) is 17.1. The van der Waals surface area contributed by atoms with Crippen LogP contribution >= 0.6 is 11.3 Å². The van der Waals surface area contributed by atoms with E-state index in [0.29, 0.717) is 0 Å². The molecule has 13 rings (SSSR count). The van der Waals surface area contributed by atoms with Crippen LogP contribution in [0.1, 0.15) is 44.5 Å². The van der Waals surface area contributed by atoms with Crippen LogP contribution in [-0.2, 0) is 10.8 Å². The first-order valence-corrected chi connectivity index (χ1v) is 23.0. The SMILES string of the molecule is c1ccc(C2(c3ccc(N(c4ccc5c(c4)-c4ccccc4C5(c4ccccc4)c4ccccc4)c4ccc5sc6ccccc6c5c4)cc3)c3ccccc3-c3ccccc32)cc1. The maximum atomic E-state index is 2.47. The minimum Gasteiger partial charge on any atom is -0.310 e. The van der Waals surface area contributed by atoms with Crippen molar-refractivity contribution in [2.75, 3.05) is 4.90 Å². The first-order valence-electron chi connectivity index (χ1n) is 22.2. The van der Waals surface area contributed by atoms with E-state index in [-0.39, 0.29) is 0 Å². The van der Waals surface area contributed by atoms with Crippen molar-refractivity contribution in [3.8, 4) is 22.3 Å². The van der Waals surface area contributed by atoms with Gasteiger partial charge in [-0.05, 0) is 115 Å². The highest BCUT2D eigenvalue weighted by Gasteiger charge is 2.47. The van der Waals surface area contributed by atoms with Crippen LogP contribution in [0.2, 0.25) is 0 Å². The molecule has 0 fully saturated rings. The number of benzene rings is 10. The van der Waals surface area contributed by atoms with Gasteiger partial charge < -0.3 is 4.90 Å². The molecule has 0 saturated carbocycles. The zero-order valence-electron chi connectivity index (χ0n) is 35.0. The molecule has 0 N–H and O–H groups in total. The minimum atomic E-state index is -0.470. The monoisotopic (exact) mass is 831 g/mol. The van der Waals surface area contributed by atoms with Crippen molar-refractivity contribution in [3.05, 3.63) is 293 Å². The summed E-state index contributed by atoms with van der Waals surface area (Å²) in [5.74, 6) is 0. The van der Waals surface area contributed by atoms with Crippen LogP contribution in [0.15, 0.2) is 249 Å². The average molecular weight is 832 g/mol. The third kappa shape index (κ3) is 5.18. The van der Waals surface area contributed by atoms with Gasteiger partial charge in [-0.1, -0.05) is 200 Å². The number of rotatable bonds is 7. The van der Waals surface area contributed by atoms with E-state index in [1.54, 1.807) is 0 Å². The second kappa shape index (κ2) is 14.4. The molecule has 2 heteroatoms. The maximum Gasteiger partial charge on any atom is 0.0713 e. The van der Waals surface area contributed by atoms with E-state index >= 15 is 0 Å². The number of fused-ring (bicyclic) bond motifs is 9. The first-order chi connectivity index (χ1) is 31.7. The molecule has 1 heterocycles. The van der Waals surface area contributed by atoms with Crippen molar-refractivity contribution in [2.24, 2.45) is 0 Å². The summed E-state index contributed by atoms with van der Waals surface area (Å²) in [4.78, 5) is 2.47. The zero-order valence-corrected chi connectivity index (χ0v) is 35.8. The third-order valence-corrected chi connectivity index (χ3v) is 15.2. The van der Waals surface area contributed by atoms with Gasteiger partial charge in [0, 0.05) is 37.2 Å². The van der Waals surface area contributed by atoms with Crippen LogP contribution in [0.25, 0.3) is 42.4 Å². The largest absolute Gasteiger partial charge is 0.310 e. The molecule has 1 nitrogen and oxygen atoms in total. The van der Waals surface area contributed by atoms with Crippen LogP contribution in [0.4, 0.5) is 17.1 Å². The summed E-state index contributed by atoms with van der Waals surface area (Å²) in [6, 6.07) is 92.7. The third-order valence-electron chi connectivity index (χ3n) is 14.0. The lowest BCUT2D eigenvalue weighted by Crippen LogP contribution is -2.28. The second-order valence-corrected chi connectivity index (χ2v) is 18.2. The van der Waals surface area contributed by atoms with Crippen molar-refractivity contribution in [1.29, 1.82) is 0 Å². The summed E-state index contributed by atoms with van der Waals surface area (Å²) in [5, 5.41) is 2.57. The van der Waals surface area contributed by atoms with Crippen LogP contribution in [0.5, 0.6) is 0 Å². The molecule has 0 bridgehead atoms. The van der Waals surface area contributed by atoms with Crippen LogP contribution < -0.4 is 4.90 Å². The van der Waals surface area contributed by atoms with Crippen LogP contribution in [-0.4, -0.2) is 0 Å². The Balaban J connectivity index is 1.04. The van der Waals surface area contributed by atoms with Gasteiger partial charge in [0.2, 0.25) is 0 Å². The Morgan fingerprint density at radius 2 is 0.656 bits per heavy atom. The Hall–Kier alpha value is -7.78. The summed E-state index contributed by atoms with van der Waals surface area (Å²) in [5.41, 5.74) is 17.8. The molecule has 1 aromatic heterocycles. The summed E-state index contributed by atoms with van der Waals surface area (Å²) < 4.78 is 2.60. The molecule has 0 unspecified atom stereocenters. The van der Waals surface area contributed by atoms with Gasteiger partial charge in [0.25, 0.3) is 0 Å². The van der Waals surface area contributed by atoms with E-state index in [0.717, 1.165) is 17.1 Å². The summed E-state index contributed by atoms with van der Waals surface area (Å²) in [6.07, 6.45) is 0. The van der Waals surface area contributed by atoms with E-state index in [2.05, 4.69) is 254 Å². The molecule has 0 amide bonds. The maximum absolute atomic E-state index is 2.47. The van der Waals surface area contributed by atoms with Gasteiger partial charge in [0.15, 0.2) is 0 Å². The minimum absolute atomic E-state index is 0.465. The summed E-state index contributed by atoms with van der Waals surface area (Å²) in [6.45, 7) is 0. The lowest BCUT2D eigenvalue weighted by Gasteiger charge is -2.35. The molecule has 2 aliphatic carbocycles. The van der Waals surface area contributed by atoms with E-state index in [1.807, 2.05) is 11.3 Å². The highest BCUT2D eigenvalue weighted by molar-refractivity contribution is 7.25. The van der Waals surface area contributed by atoms with Crippen LogP contribution in [0, 0.1) is 0 Å². The lowest BCUT2D eigenvalue weighted by atomic mass is 9.67. The quantitative estimate of drug-likeness (QED) is 0.155. The molecule has 11 aromatic rings. The zero-order chi connectivity index (χ0) is 42.2. The molecule has 0 radical (unpaired) electrons. The molecule has 300 valence electrons. The molecule has 2 aliphatic rings.